The largest absolute Gasteiger partial charge is 0.456 e. The minimum absolute atomic E-state index is 0.0223. The van der Waals surface area contributed by atoms with Gasteiger partial charge in [0.1, 0.15) is 0 Å². The van der Waals surface area contributed by atoms with E-state index < -0.39 is 30.3 Å². The number of rotatable bonds is 8. The first-order valence-corrected chi connectivity index (χ1v) is 10.0. The van der Waals surface area contributed by atoms with Crippen LogP contribution in [0.2, 0.25) is 0 Å². The Kier molecular flexibility index (Phi) is 9.02. The Bertz CT molecular complexity index is 918. The van der Waals surface area contributed by atoms with E-state index in [4.69, 9.17) is 4.74 Å². The zero-order chi connectivity index (χ0) is 21.9. The third kappa shape index (κ3) is 8.04. The number of aryl methyl sites for hydroxylation is 1. The molecule has 158 valence electrons. The van der Waals surface area contributed by atoms with Crippen LogP contribution in [0.15, 0.2) is 53.0 Å². The van der Waals surface area contributed by atoms with Crippen molar-refractivity contribution < 1.29 is 23.9 Å². The van der Waals surface area contributed by atoms with E-state index in [1.54, 1.807) is 42.5 Å². The van der Waals surface area contributed by atoms with Crippen molar-refractivity contribution >= 4 is 45.3 Å². The molecule has 0 aromatic heterocycles. The van der Waals surface area contributed by atoms with Crippen LogP contribution in [-0.4, -0.2) is 30.3 Å². The Hall–Kier alpha value is -3.20. The third-order valence-corrected chi connectivity index (χ3v) is 4.46. The number of hydrogen-bond donors (Lipinski definition) is 3. The second-order valence-corrected chi connectivity index (χ2v) is 7.31. The summed E-state index contributed by atoms with van der Waals surface area (Å²) in [5.74, 6) is -1.90. The highest BCUT2D eigenvalue weighted by molar-refractivity contribution is 9.10. The van der Waals surface area contributed by atoms with Crippen molar-refractivity contribution in [3.05, 3.63) is 64.1 Å². The van der Waals surface area contributed by atoms with E-state index >= 15 is 0 Å². The molecule has 0 unspecified atom stereocenters. The van der Waals surface area contributed by atoms with Gasteiger partial charge in [0, 0.05) is 28.6 Å². The van der Waals surface area contributed by atoms with Crippen LogP contribution in [0.4, 0.5) is 5.69 Å². The van der Waals surface area contributed by atoms with Crippen LogP contribution in [-0.2, 0) is 19.1 Å². The van der Waals surface area contributed by atoms with E-state index in [2.05, 4.69) is 32.1 Å². The molecule has 9 heteroatoms. The summed E-state index contributed by atoms with van der Waals surface area (Å²) in [5, 5.41) is 2.67. The fourth-order valence-corrected chi connectivity index (χ4v) is 2.89. The maximum Gasteiger partial charge on any atom is 0.306 e. The van der Waals surface area contributed by atoms with Crippen molar-refractivity contribution in [3.63, 3.8) is 0 Å². The molecule has 0 aliphatic heterocycles. The molecule has 2 aromatic carbocycles. The molecular weight excluding hydrogens is 454 g/mol. The van der Waals surface area contributed by atoms with Gasteiger partial charge in [-0.05, 0) is 49.2 Å². The Morgan fingerprint density at radius 3 is 2.37 bits per heavy atom. The number of benzene rings is 2. The maximum atomic E-state index is 11.9. The van der Waals surface area contributed by atoms with E-state index in [9.17, 15) is 19.2 Å². The van der Waals surface area contributed by atoms with Gasteiger partial charge in [-0.15, -0.1) is 0 Å². The summed E-state index contributed by atoms with van der Waals surface area (Å²) in [6, 6.07) is 13.8. The Morgan fingerprint density at radius 2 is 1.67 bits per heavy atom. The molecule has 3 N–H and O–H groups in total. The van der Waals surface area contributed by atoms with E-state index in [1.165, 1.54) is 0 Å². The number of esters is 1. The normalized spacial score (nSPS) is 10.1. The first-order chi connectivity index (χ1) is 14.3. The number of carbonyl (C=O) groups is 4. The summed E-state index contributed by atoms with van der Waals surface area (Å²) >= 11 is 3.34. The van der Waals surface area contributed by atoms with E-state index in [0.717, 1.165) is 10.0 Å². The van der Waals surface area contributed by atoms with Crippen molar-refractivity contribution in [2.24, 2.45) is 0 Å². The average molecular weight is 476 g/mol. The number of hydrazine groups is 1. The maximum absolute atomic E-state index is 11.9. The summed E-state index contributed by atoms with van der Waals surface area (Å²) in [7, 11) is 0. The zero-order valence-corrected chi connectivity index (χ0v) is 18.0. The number of carbonyl (C=O) groups excluding carboxylic acids is 4. The molecule has 30 heavy (non-hydrogen) atoms. The van der Waals surface area contributed by atoms with Crippen molar-refractivity contribution in [1.29, 1.82) is 0 Å². The van der Waals surface area contributed by atoms with Gasteiger partial charge in [-0.3, -0.25) is 30.0 Å². The van der Waals surface area contributed by atoms with Crippen LogP contribution >= 0.6 is 15.9 Å². The lowest BCUT2D eigenvalue weighted by Gasteiger charge is -2.09. The highest BCUT2D eigenvalue weighted by atomic mass is 79.9. The second kappa shape index (κ2) is 11.7. The number of anilines is 1. The van der Waals surface area contributed by atoms with Crippen LogP contribution in [0.3, 0.4) is 0 Å². The lowest BCUT2D eigenvalue weighted by atomic mass is 10.2. The smallest absolute Gasteiger partial charge is 0.306 e. The predicted octanol–water partition coefficient (Wildman–Crippen LogP) is 2.87. The van der Waals surface area contributed by atoms with Gasteiger partial charge in [-0.2, -0.15) is 0 Å². The molecule has 0 heterocycles. The highest BCUT2D eigenvalue weighted by Gasteiger charge is 2.11. The van der Waals surface area contributed by atoms with Gasteiger partial charge < -0.3 is 10.1 Å². The number of hydrogen-bond acceptors (Lipinski definition) is 5. The van der Waals surface area contributed by atoms with Gasteiger partial charge in [0.05, 0.1) is 0 Å². The first kappa shape index (κ1) is 23.1. The third-order valence-electron chi connectivity index (χ3n) is 3.96. The van der Waals surface area contributed by atoms with Crippen molar-refractivity contribution in [2.75, 3.05) is 11.9 Å². The molecule has 0 radical (unpaired) electrons. The molecule has 0 aliphatic rings. The molecule has 2 rings (SSSR count). The summed E-state index contributed by atoms with van der Waals surface area (Å²) in [4.78, 5) is 47.2. The van der Waals surface area contributed by atoms with Gasteiger partial charge >= 0.3 is 5.97 Å². The van der Waals surface area contributed by atoms with Crippen molar-refractivity contribution in [2.45, 2.75) is 26.2 Å². The topological polar surface area (TPSA) is 114 Å². The van der Waals surface area contributed by atoms with Gasteiger partial charge in [0.25, 0.3) is 11.8 Å². The van der Waals surface area contributed by atoms with Crippen LogP contribution in [0.25, 0.3) is 0 Å². The summed E-state index contributed by atoms with van der Waals surface area (Å²) in [6.07, 6.45) is 0.221. The zero-order valence-electron chi connectivity index (χ0n) is 16.4. The first-order valence-electron chi connectivity index (χ1n) is 9.21. The van der Waals surface area contributed by atoms with Crippen molar-refractivity contribution in [3.8, 4) is 0 Å². The molecular formula is C21H22BrN3O5. The van der Waals surface area contributed by atoms with Crippen molar-refractivity contribution in [1.82, 2.24) is 10.9 Å². The highest BCUT2D eigenvalue weighted by Crippen LogP contribution is 2.19. The lowest BCUT2D eigenvalue weighted by molar-refractivity contribution is -0.147. The molecule has 0 bridgehead atoms. The molecule has 0 aliphatic carbocycles. The van der Waals surface area contributed by atoms with Gasteiger partial charge in [-0.25, -0.2) is 0 Å². The molecule has 0 spiro atoms. The number of nitrogens with one attached hydrogen (secondary N) is 3. The molecule has 0 fully saturated rings. The molecule has 0 atom stereocenters. The summed E-state index contributed by atoms with van der Waals surface area (Å²) < 4.78 is 5.81. The number of ether oxygens (including phenoxy) is 1. The molecule has 0 saturated heterocycles. The monoisotopic (exact) mass is 475 g/mol. The fraction of sp³-hybridized carbons (Fsp3) is 0.238. The van der Waals surface area contributed by atoms with Crippen LogP contribution < -0.4 is 16.2 Å². The Labute approximate surface area is 182 Å². The molecule has 3 amide bonds. The van der Waals surface area contributed by atoms with E-state index in [-0.39, 0.29) is 19.3 Å². The fourth-order valence-electron chi connectivity index (χ4n) is 2.42. The second-order valence-electron chi connectivity index (χ2n) is 6.39. The summed E-state index contributed by atoms with van der Waals surface area (Å²) in [5.41, 5.74) is 6.50. The SMILES string of the molecule is Cc1cc(Br)ccc1NC(=O)COC(=O)CCCC(=O)NNC(=O)c1ccccc1. The Balaban J connectivity index is 1.60. The Morgan fingerprint density at radius 1 is 0.933 bits per heavy atom. The minimum atomic E-state index is -0.584. The number of amides is 3. The van der Waals surface area contributed by atoms with E-state index in [1.807, 2.05) is 13.0 Å². The quantitative estimate of drug-likeness (QED) is 0.401. The minimum Gasteiger partial charge on any atom is -0.456 e. The van der Waals surface area contributed by atoms with Crippen LogP contribution in [0.5, 0.6) is 0 Å². The molecule has 8 nitrogen and oxygen atoms in total. The average Bonchev–Trinajstić information content (AvgIpc) is 2.73. The summed E-state index contributed by atoms with van der Waals surface area (Å²) in [6.45, 7) is 1.44. The predicted molar refractivity (Wildman–Crippen MR) is 114 cm³/mol. The molecule has 0 saturated carbocycles. The molecule has 2 aromatic rings. The van der Waals surface area contributed by atoms with Crippen LogP contribution in [0, 0.1) is 6.92 Å². The standard InChI is InChI=1S/C21H22BrN3O5/c1-14-12-16(22)10-11-17(14)23-19(27)13-30-20(28)9-5-8-18(26)24-25-21(29)15-6-3-2-4-7-15/h2-4,6-7,10-12H,5,8-9,13H2,1H3,(H,23,27)(H,24,26)(H,25,29). The van der Waals surface area contributed by atoms with Gasteiger partial charge in [0.2, 0.25) is 5.91 Å². The van der Waals surface area contributed by atoms with Crippen LogP contribution in [0.1, 0.15) is 35.2 Å². The van der Waals surface area contributed by atoms with Gasteiger partial charge in [0.15, 0.2) is 6.61 Å². The van der Waals surface area contributed by atoms with Gasteiger partial charge in [-0.1, -0.05) is 34.1 Å². The lowest BCUT2D eigenvalue weighted by Crippen LogP contribution is -2.41. The van der Waals surface area contributed by atoms with E-state index in [0.29, 0.717) is 11.3 Å². The number of halogens is 1.